The highest BCUT2D eigenvalue weighted by Gasteiger charge is 2.40. The van der Waals surface area contributed by atoms with Crippen molar-refractivity contribution in [3.05, 3.63) is 45.3 Å². The van der Waals surface area contributed by atoms with Crippen molar-refractivity contribution >= 4 is 44.6 Å². The lowest BCUT2D eigenvalue weighted by Gasteiger charge is -2.38. The topological polar surface area (TPSA) is 83.7 Å². The molecule has 1 aromatic carbocycles. The van der Waals surface area contributed by atoms with Crippen LogP contribution in [0.4, 0.5) is 5.95 Å². The maximum Gasteiger partial charge on any atom is 0.223 e. The lowest BCUT2D eigenvalue weighted by molar-refractivity contribution is 0.187. The quantitative estimate of drug-likeness (QED) is 0.508. The number of aromatic amines is 1. The molecule has 8 heteroatoms. The van der Waals surface area contributed by atoms with E-state index in [9.17, 15) is 0 Å². The van der Waals surface area contributed by atoms with Crippen LogP contribution in [-0.2, 0) is 11.8 Å². The van der Waals surface area contributed by atoms with E-state index in [1.54, 1.807) is 11.1 Å². The van der Waals surface area contributed by atoms with Crippen LogP contribution in [0, 0.1) is 0 Å². The number of likely N-dealkylation sites (tertiary alicyclic amines) is 1. The van der Waals surface area contributed by atoms with Crippen LogP contribution in [-0.4, -0.2) is 45.0 Å². The number of piperidine rings is 1. The van der Waals surface area contributed by atoms with Gasteiger partial charge in [-0.3, -0.25) is 0 Å². The van der Waals surface area contributed by atoms with Crippen molar-refractivity contribution in [1.29, 1.82) is 0 Å². The molecule has 0 atom stereocenters. The number of H-pyrrole nitrogens is 1. The lowest BCUT2D eigenvalue weighted by atomic mass is 9.74. The van der Waals surface area contributed by atoms with Gasteiger partial charge < -0.3 is 15.6 Å². The second-order valence-corrected chi connectivity index (χ2v) is 8.63. The summed E-state index contributed by atoms with van der Waals surface area (Å²) in [6, 6.07) is 6.89. The van der Waals surface area contributed by atoms with Gasteiger partial charge in [-0.1, -0.05) is 33.6 Å². The van der Waals surface area contributed by atoms with Crippen molar-refractivity contribution in [1.82, 2.24) is 24.8 Å². The molecule has 27 heavy (non-hydrogen) atoms. The zero-order valence-corrected chi connectivity index (χ0v) is 17.5. The number of benzene rings is 1. The van der Waals surface area contributed by atoms with Gasteiger partial charge in [0.25, 0.3) is 0 Å². The summed E-state index contributed by atoms with van der Waals surface area (Å²) in [5.74, 6) is 0.134. The zero-order valence-electron chi connectivity index (χ0n) is 15.2. The monoisotopic (exact) mass is 448 g/mol. The number of hydrogen-bond donors (Lipinski definition) is 2. The Morgan fingerprint density at radius 3 is 2.78 bits per heavy atom. The highest BCUT2D eigenvalue weighted by Crippen LogP contribution is 2.46. The molecule has 1 saturated heterocycles. The van der Waals surface area contributed by atoms with E-state index < -0.39 is 0 Å². The van der Waals surface area contributed by atoms with Gasteiger partial charge in [0.1, 0.15) is 5.52 Å². The highest BCUT2D eigenvalue weighted by atomic mass is 79.9. The molecular formula is C19H22BrClN6. The molecule has 1 fully saturated rings. The number of nitrogens with one attached hydrogen (secondary N) is 1. The number of nitrogens with two attached hydrogens (primary N) is 1. The predicted molar refractivity (Wildman–Crippen MR) is 112 cm³/mol. The van der Waals surface area contributed by atoms with Gasteiger partial charge in [0, 0.05) is 4.47 Å². The second kappa shape index (κ2) is 7.37. The molecule has 1 aliphatic heterocycles. The molecule has 3 heterocycles. The van der Waals surface area contributed by atoms with Crippen molar-refractivity contribution in [2.75, 3.05) is 25.9 Å². The summed E-state index contributed by atoms with van der Waals surface area (Å²) in [5, 5.41) is 0.296. The summed E-state index contributed by atoms with van der Waals surface area (Å²) in [6.45, 7) is 2.52. The maximum absolute atomic E-state index is 5.70. The maximum atomic E-state index is 5.70. The average Bonchev–Trinajstić information content (AvgIpc) is 3.24. The fourth-order valence-electron chi connectivity index (χ4n) is 4.17. The summed E-state index contributed by atoms with van der Waals surface area (Å²) in [7, 11) is 2.24. The Balaban J connectivity index is 0.000000143. The Kier molecular flexibility index (Phi) is 5.09. The summed E-state index contributed by atoms with van der Waals surface area (Å²) in [6.07, 6.45) is 6.83. The third-order valence-corrected chi connectivity index (χ3v) is 6.48. The number of rotatable bonds is 0. The SMILES string of the molecule is CN1CCC2(CCc3cc(Br)ccc32)CC1.Nc1nc(Cl)c2[nH]cnc2n1. The van der Waals surface area contributed by atoms with Crippen LogP contribution in [0.2, 0.25) is 5.15 Å². The molecule has 0 unspecified atom stereocenters. The van der Waals surface area contributed by atoms with Gasteiger partial charge in [0.15, 0.2) is 10.8 Å². The molecule has 5 rings (SSSR count). The molecule has 3 aromatic rings. The first-order chi connectivity index (χ1) is 13.0. The average molecular weight is 450 g/mol. The van der Waals surface area contributed by atoms with Gasteiger partial charge in [-0.2, -0.15) is 9.97 Å². The van der Waals surface area contributed by atoms with Crippen molar-refractivity contribution < 1.29 is 0 Å². The Morgan fingerprint density at radius 1 is 1.22 bits per heavy atom. The van der Waals surface area contributed by atoms with Crippen LogP contribution in [0.5, 0.6) is 0 Å². The van der Waals surface area contributed by atoms with E-state index in [4.69, 9.17) is 17.3 Å². The molecule has 6 nitrogen and oxygen atoms in total. The predicted octanol–water partition coefficient (Wildman–Crippen LogP) is 3.95. The zero-order chi connectivity index (χ0) is 19.0. The molecule has 2 aromatic heterocycles. The van der Waals surface area contributed by atoms with Gasteiger partial charge in [-0.15, -0.1) is 0 Å². The standard InChI is InChI=1S/C14H18BrN.C5H4ClN5/c1-16-8-6-14(7-9-16)5-4-11-10-12(15)2-3-13(11)14;6-3-2-4(9-1-8-2)11-5(7)10-3/h2-3,10H,4-9H2,1H3;1H,(H3,7,8,9,10,11). The van der Waals surface area contributed by atoms with Crippen LogP contribution in [0.25, 0.3) is 11.2 Å². The number of nitrogen functional groups attached to an aromatic ring is 1. The van der Waals surface area contributed by atoms with Gasteiger partial charge in [-0.25, -0.2) is 4.98 Å². The summed E-state index contributed by atoms with van der Waals surface area (Å²) in [4.78, 5) is 16.7. The number of hydrogen-bond acceptors (Lipinski definition) is 5. The Morgan fingerprint density at radius 2 is 2.00 bits per heavy atom. The summed E-state index contributed by atoms with van der Waals surface area (Å²) >= 11 is 9.28. The van der Waals surface area contributed by atoms with E-state index in [2.05, 4.69) is 66.0 Å². The van der Waals surface area contributed by atoms with Crippen LogP contribution in [0.3, 0.4) is 0 Å². The molecule has 1 aliphatic carbocycles. The number of anilines is 1. The number of aryl methyl sites for hydroxylation is 1. The third kappa shape index (κ3) is 3.68. The second-order valence-electron chi connectivity index (χ2n) is 7.36. The first-order valence-electron chi connectivity index (χ1n) is 9.06. The summed E-state index contributed by atoms with van der Waals surface area (Å²) < 4.78 is 1.23. The first kappa shape index (κ1) is 18.7. The highest BCUT2D eigenvalue weighted by molar-refractivity contribution is 9.10. The lowest BCUT2D eigenvalue weighted by Crippen LogP contribution is -2.39. The van der Waals surface area contributed by atoms with E-state index in [1.807, 2.05) is 0 Å². The number of aromatic nitrogens is 4. The van der Waals surface area contributed by atoms with Gasteiger partial charge in [0.05, 0.1) is 6.33 Å². The van der Waals surface area contributed by atoms with E-state index in [1.165, 1.54) is 49.6 Å². The minimum Gasteiger partial charge on any atom is -0.368 e. The fourth-order valence-corrected chi connectivity index (χ4v) is 4.81. The molecule has 0 amide bonds. The van der Waals surface area contributed by atoms with E-state index in [0.29, 0.717) is 21.7 Å². The van der Waals surface area contributed by atoms with Crippen molar-refractivity contribution in [2.45, 2.75) is 31.1 Å². The minimum absolute atomic E-state index is 0.134. The van der Waals surface area contributed by atoms with Crippen LogP contribution < -0.4 is 5.73 Å². The minimum atomic E-state index is 0.134. The van der Waals surface area contributed by atoms with E-state index >= 15 is 0 Å². The molecule has 0 bridgehead atoms. The van der Waals surface area contributed by atoms with Gasteiger partial charge in [0.2, 0.25) is 5.95 Å². The normalized spacial score (nSPS) is 18.3. The van der Waals surface area contributed by atoms with Crippen molar-refractivity contribution in [2.24, 2.45) is 0 Å². The molecule has 2 aliphatic rings. The Hall–Kier alpha value is -1.70. The molecule has 0 radical (unpaired) electrons. The van der Waals surface area contributed by atoms with Crippen LogP contribution in [0.15, 0.2) is 29.0 Å². The van der Waals surface area contributed by atoms with Crippen LogP contribution >= 0.6 is 27.5 Å². The number of halogens is 2. The summed E-state index contributed by atoms with van der Waals surface area (Å²) in [5.41, 5.74) is 10.2. The molecule has 142 valence electrons. The van der Waals surface area contributed by atoms with Crippen LogP contribution in [0.1, 0.15) is 30.4 Å². The number of nitrogens with zero attached hydrogens (tertiary/aromatic N) is 4. The smallest absolute Gasteiger partial charge is 0.223 e. The first-order valence-corrected chi connectivity index (χ1v) is 10.2. The third-order valence-electron chi connectivity index (χ3n) is 5.71. The van der Waals surface area contributed by atoms with E-state index in [-0.39, 0.29) is 5.95 Å². The van der Waals surface area contributed by atoms with Crippen molar-refractivity contribution in [3.63, 3.8) is 0 Å². The van der Waals surface area contributed by atoms with E-state index in [0.717, 1.165) is 0 Å². The molecular weight excluding hydrogens is 428 g/mol. The van der Waals surface area contributed by atoms with Crippen molar-refractivity contribution in [3.8, 4) is 0 Å². The number of imidazole rings is 1. The number of fused-ring (bicyclic) bond motifs is 3. The Labute approximate surface area is 171 Å². The Bertz CT molecular complexity index is 964. The molecule has 3 N–H and O–H groups in total. The van der Waals surface area contributed by atoms with Gasteiger partial charge in [-0.05, 0) is 74.5 Å². The fraction of sp³-hybridized carbons (Fsp3) is 0.421. The molecule has 0 saturated carbocycles. The largest absolute Gasteiger partial charge is 0.368 e. The molecule has 1 spiro atoms. The van der Waals surface area contributed by atoms with Gasteiger partial charge >= 0.3 is 0 Å².